The van der Waals surface area contributed by atoms with Crippen LogP contribution in [0.25, 0.3) is 10.9 Å². The summed E-state index contributed by atoms with van der Waals surface area (Å²) in [5.74, 6) is 0.302. The maximum atomic E-state index is 13.0. The molecule has 2 saturated heterocycles. The van der Waals surface area contributed by atoms with Gasteiger partial charge in [0.2, 0.25) is 5.91 Å². The van der Waals surface area contributed by atoms with E-state index in [4.69, 9.17) is 0 Å². The van der Waals surface area contributed by atoms with Crippen LogP contribution in [-0.4, -0.2) is 52.5 Å². The molecule has 1 atom stereocenters. The number of benzene rings is 1. The Kier molecular flexibility index (Phi) is 4.80. The molecule has 2 aliphatic rings. The van der Waals surface area contributed by atoms with E-state index >= 15 is 0 Å². The second-order valence-corrected chi connectivity index (χ2v) is 7.70. The Bertz CT molecular complexity index is 745. The number of rotatable bonds is 4. The van der Waals surface area contributed by atoms with Crippen LogP contribution in [0.3, 0.4) is 0 Å². The van der Waals surface area contributed by atoms with E-state index < -0.39 is 0 Å². The number of aromatic nitrogens is 1. The van der Waals surface area contributed by atoms with E-state index in [0.29, 0.717) is 18.4 Å². The quantitative estimate of drug-likeness (QED) is 0.856. The maximum absolute atomic E-state index is 13.0. The fourth-order valence-corrected chi connectivity index (χ4v) is 4.62. The van der Waals surface area contributed by atoms with Crippen molar-refractivity contribution in [2.45, 2.75) is 44.6 Å². The summed E-state index contributed by atoms with van der Waals surface area (Å²) >= 11 is 0. The van der Waals surface area contributed by atoms with Gasteiger partial charge < -0.3 is 14.4 Å². The highest BCUT2D eigenvalue weighted by Gasteiger charge is 2.30. The monoisotopic (exact) mass is 339 g/mol. The van der Waals surface area contributed by atoms with E-state index in [9.17, 15) is 4.79 Å². The average molecular weight is 339 g/mol. The molecule has 25 heavy (non-hydrogen) atoms. The molecule has 2 fully saturated rings. The molecule has 0 N–H and O–H groups in total. The zero-order valence-corrected chi connectivity index (χ0v) is 15.3. The lowest BCUT2D eigenvalue weighted by molar-refractivity contribution is -0.131. The molecule has 1 aromatic carbocycles. The first kappa shape index (κ1) is 16.6. The lowest BCUT2D eigenvalue weighted by Gasteiger charge is -2.33. The van der Waals surface area contributed by atoms with E-state index in [-0.39, 0.29) is 0 Å². The Morgan fingerprint density at radius 1 is 1.08 bits per heavy atom. The largest absolute Gasteiger partial charge is 0.350 e. The lowest BCUT2D eigenvalue weighted by Crippen LogP contribution is -2.45. The third-order valence-corrected chi connectivity index (χ3v) is 5.94. The molecule has 4 heteroatoms. The van der Waals surface area contributed by atoms with Crippen molar-refractivity contribution >= 4 is 16.8 Å². The standard InChI is InChI=1S/C21H29N3O/c1-22-15-17(19-9-3-4-10-20(19)22)14-21(25)24-13-7-8-18(24)16-23-11-5-2-6-12-23/h3-4,9-10,15,18H,2,5-8,11-14,16H2,1H3. The fraction of sp³-hybridized carbons (Fsp3) is 0.571. The number of aryl methyl sites for hydroxylation is 1. The van der Waals surface area contributed by atoms with Crippen molar-refractivity contribution in [3.8, 4) is 0 Å². The highest BCUT2D eigenvalue weighted by molar-refractivity contribution is 5.89. The van der Waals surface area contributed by atoms with Crippen molar-refractivity contribution in [2.24, 2.45) is 7.05 Å². The SMILES string of the molecule is Cn1cc(CC(=O)N2CCCC2CN2CCCCC2)c2ccccc21. The number of fused-ring (bicyclic) bond motifs is 1. The predicted octanol–water partition coefficient (Wildman–Crippen LogP) is 3.20. The number of hydrogen-bond donors (Lipinski definition) is 0. The van der Waals surface area contributed by atoms with Crippen molar-refractivity contribution in [3.05, 3.63) is 36.0 Å². The van der Waals surface area contributed by atoms with Crippen molar-refractivity contribution in [1.82, 2.24) is 14.4 Å². The van der Waals surface area contributed by atoms with Crippen LogP contribution in [0.1, 0.15) is 37.7 Å². The lowest BCUT2D eigenvalue weighted by atomic mass is 10.1. The molecule has 1 amide bonds. The molecule has 0 radical (unpaired) electrons. The number of likely N-dealkylation sites (tertiary alicyclic amines) is 2. The number of para-hydroxylation sites is 1. The first-order valence-electron chi connectivity index (χ1n) is 9.77. The second-order valence-electron chi connectivity index (χ2n) is 7.70. The molecule has 4 nitrogen and oxygen atoms in total. The zero-order chi connectivity index (χ0) is 17.2. The topological polar surface area (TPSA) is 28.5 Å². The third-order valence-electron chi connectivity index (χ3n) is 5.94. The van der Waals surface area contributed by atoms with Crippen molar-refractivity contribution in [3.63, 3.8) is 0 Å². The van der Waals surface area contributed by atoms with E-state index in [1.54, 1.807) is 0 Å². The molecule has 2 aliphatic heterocycles. The van der Waals surface area contributed by atoms with Gasteiger partial charge in [-0.25, -0.2) is 0 Å². The van der Waals surface area contributed by atoms with Gasteiger partial charge >= 0.3 is 0 Å². The molecular weight excluding hydrogens is 310 g/mol. The predicted molar refractivity (Wildman–Crippen MR) is 102 cm³/mol. The molecule has 0 bridgehead atoms. The van der Waals surface area contributed by atoms with Crippen LogP contribution in [0.2, 0.25) is 0 Å². The highest BCUT2D eigenvalue weighted by atomic mass is 16.2. The minimum absolute atomic E-state index is 0.302. The van der Waals surface area contributed by atoms with Crippen molar-refractivity contribution in [2.75, 3.05) is 26.2 Å². The minimum Gasteiger partial charge on any atom is -0.350 e. The van der Waals surface area contributed by atoms with Gasteiger partial charge in [0.15, 0.2) is 0 Å². The van der Waals surface area contributed by atoms with Crippen molar-refractivity contribution < 1.29 is 4.79 Å². The van der Waals surface area contributed by atoms with Gasteiger partial charge in [0.05, 0.1) is 6.42 Å². The zero-order valence-electron chi connectivity index (χ0n) is 15.3. The third kappa shape index (κ3) is 3.45. The van der Waals surface area contributed by atoms with Gasteiger partial charge in [-0.05, 0) is 50.4 Å². The Balaban J connectivity index is 1.45. The molecular formula is C21H29N3O. The van der Waals surface area contributed by atoms with Gasteiger partial charge in [-0.3, -0.25) is 4.79 Å². The molecule has 0 saturated carbocycles. The Labute approximate surface area is 150 Å². The average Bonchev–Trinajstić information content (AvgIpc) is 3.21. The van der Waals surface area contributed by atoms with Crippen LogP contribution in [0.5, 0.6) is 0 Å². The van der Waals surface area contributed by atoms with Crippen LogP contribution >= 0.6 is 0 Å². The first-order chi connectivity index (χ1) is 12.2. The van der Waals surface area contributed by atoms with E-state index in [0.717, 1.165) is 31.5 Å². The summed E-state index contributed by atoms with van der Waals surface area (Å²) in [7, 11) is 2.06. The summed E-state index contributed by atoms with van der Waals surface area (Å²) < 4.78 is 2.13. The van der Waals surface area contributed by atoms with Gasteiger partial charge in [0, 0.05) is 43.3 Å². The van der Waals surface area contributed by atoms with Crippen LogP contribution < -0.4 is 0 Å². The Hall–Kier alpha value is -1.81. The van der Waals surface area contributed by atoms with E-state index in [1.807, 2.05) is 0 Å². The molecule has 1 aromatic heterocycles. The number of nitrogens with zero attached hydrogens (tertiary/aromatic N) is 3. The summed E-state index contributed by atoms with van der Waals surface area (Å²) in [6.45, 7) is 4.42. The van der Waals surface area contributed by atoms with E-state index in [1.165, 1.54) is 43.3 Å². The molecule has 2 aromatic rings. The first-order valence-corrected chi connectivity index (χ1v) is 9.77. The number of amides is 1. The molecule has 0 spiro atoms. The maximum Gasteiger partial charge on any atom is 0.227 e. The molecule has 134 valence electrons. The highest BCUT2D eigenvalue weighted by Crippen LogP contribution is 2.24. The van der Waals surface area contributed by atoms with Gasteiger partial charge in [-0.2, -0.15) is 0 Å². The summed E-state index contributed by atoms with van der Waals surface area (Å²) in [6, 6.07) is 8.79. The molecule has 1 unspecified atom stereocenters. The molecule has 3 heterocycles. The van der Waals surface area contributed by atoms with Gasteiger partial charge in [0.1, 0.15) is 0 Å². The van der Waals surface area contributed by atoms with Gasteiger partial charge in [-0.1, -0.05) is 24.6 Å². The summed E-state index contributed by atoms with van der Waals surface area (Å²) in [5.41, 5.74) is 2.36. The van der Waals surface area contributed by atoms with Crippen molar-refractivity contribution in [1.29, 1.82) is 0 Å². The summed E-state index contributed by atoms with van der Waals surface area (Å²) in [6.07, 6.45) is 8.96. The Morgan fingerprint density at radius 3 is 2.72 bits per heavy atom. The van der Waals surface area contributed by atoms with E-state index in [2.05, 4.69) is 51.9 Å². The summed E-state index contributed by atoms with van der Waals surface area (Å²) in [4.78, 5) is 17.7. The van der Waals surface area contributed by atoms with Crippen LogP contribution in [0, 0.1) is 0 Å². The van der Waals surface area contributed by atoms with Crippen LogP contribution in [0.15, 0.2) is 30.5 Å². The minimum atomic E-state index is 0.302. The summed E-state index contributed by atoms with van der Waals surface area (Å²) in [5, 5.41) is 1.21. The smallest absolute Gasteiger partial charge is 0.227 e. The fourth-order valence-electron chi connectivity index (χ4n) is 4.62. The number of hydrogen-bond acceptors (Lipinski definition) is 2. The number of carbonyl (C=O) groups excluding carboxylic acids is 1. The van der Waals surface area contributed by atoms with Gasteiger partial charge in [0.25, 0.3) is 0 Å². The van der Waals surface area contributed by atoms with Crippen LogP contribution in [-0.2, 0) is 18.3 Å². The van der Waals surface area contributed by atoms with Gasteiger partial charge in [-0.15, -0.1) is 0 Å². The Morgan fingerprint density at radius 2 is 1.88 bits per heavy atom. The second kappa shape index (κ2) is 7.20. The molecule has 4 rings (SSSR count). The normalized spacial score (nSPS) is 22.0. The van der Waals surface area contributed by atoms with Crippen LogP contribution in [0.4, 0.5) is 0 Å². The molecule has 0 aliphatic carbocycles. The number of piperidine rings is 1. The number of carbonyl (C=O) groups is 1.